The van der Waals surface area contributed by atoms with Gasteiger partial charge in [-0.15, -0.1) is 0 Å². The smallest absolute Gasteiger partial charge is 0.231 e. The molecule has 0 radical (unpaired) electrons. The van der Waals surface area contributed by atoms with E-state index in [0.29, 0.717) is 18.0 Å². The lowest BCUT2D eigenvalue weighted by atomic mass is 9.99. The van der Waals surface area contributed by atoms with Gasteiger partial charge in [-0.3, -0.25) is 0 Å². The first kappa shape index (κ1) is 12.0. The van der Waals surface area contributed by atoms with E-state index in [1.807, 2.05) is 42.5 Å². The quantitative estimate of drug-likeness (QED) is 0.882. The Kier molecular flexibility index (Phi) is 3.11. The molecular weight excluding hydrogens is 242 g/mol. The van der Waals surface area contributed by atoms with Crippen LogP contribution in [-0.2, 0) is 6.54 Å². The monoisotopic (exact) mass is 257 g/mol. The highest BCUT2D eigenvalue weighted by Crippen LogP contribution is 2.35. The largest absolute Gasteiger partial charge is 0.454 e. The third-order valence-corrected chi connectivity index (χ3v) is 3.21. The molecule has 0 aliphatic carbocycles. The van der Waals surface area contributed by atoms with Crippen molar-refractivity contribution >= 4 is 0 Å². The summed E-state index contributed by atoms with van der Waals surface area (Å²) in [6.07, 6.45) is -0.694. The molecule has 0 spiro atoms. The molecule has 98 valence electrons. The van der Waals surface area contributed by atoms with Crippen LogP contribution in [0, 0.1) is 0 Å². The van der Waals surface area contributed by atoms with Crippen LogP contribution in [0.3, 0.4) is 0 Å². The lowest BCUT2D eigenvalue weighted by molar-refractivity contribution is 0.173. The number of hydrogen-bond donors (Lipinski definition) is 2. The maximum atomic E-state index is 10.4. The molecule has 1 unspecified atom stereocenters. The fourth-order valence-electron chi connectivity index (χ4n) is 2.17. The van der Waals surface area contributed by atoms with E-state index in [2.05, 4.69) is 0 Å². The molecule has 0 bridgehead atoms. The first-order valence-corrected chi connectivity index (χ1v) is 6.14. The molecule has 0 aromatic heterocycles. The summed E-state index contributed by atoms with van der Waals surface area (Å²) in [5.74, 6) is 1.39. The fraction of sp³-hybridized carbons (Fsp3) is 0.200. The Balaban J connectivity index is 1.92. The van der Waals surface area contributed by atoms with E-state index in [9.17, 15) is 5.11 Å². The molecule has 3 rings (SSSR count). The summed E-state index contributed by atoms with van der Waals surface area (Å²) in [6, 6.07) is 13.1. The first-order valence-electron chi connectivity index (χ1n) is 6.14. The van der Waals surface area contributed by atoms with Crippen molar-refractivity contribution in [3.63, 3.8) is 0 Å². The highest BCUT2D eigenvalue weighted by Gasteiger charge is 2.17. The topological polar surface area (TPSA) is 64.7 Å². The molecule has 4 nitrogen and oxygen atoms in total. The van der Waals surface area contributed by atoms with Gasteiger partial charge in [0.25, 0.3) is 0 Å². The van der Waals surface area contributed by atoms with Gasteiger partial charge in [0, 0.05) is 6.54 Å². The van der Waals surface area contributed by atoms with Gasteiger partial charge in [-0.25, -0.2) is 0 Å². The van der Waals surface area contributed by atoms with Crippen molar-refractivity contribution < 1.29 is 14.6 Å². The molecular formula is C15H15NO3. The van der Waals surface area contributed by atoms with E-state index in [4.69, 9.17) is 15.2 Å². The molecule has 19 heavy (non-hydrogen) atoms. The Hall–Kier alpha value is -2.04. The maximum Gasteiger partial charge on any atom is 0.231 e. The highest BCUT2D eigenvalue weighted by atomic mass is 16.7. The van der Waals surface area contributed by atoms with Gasteiger partial charge in [0.05, 0.1) is 0 Å². The number of hydrogen-bond acceptors (Lipinski definition) is 4. The number of aliphatic hydroxyl groups is 1. The van der Waals surface area contributed by atoms with Gasteiger partial charge in [0.1, 0.15) is 6.10 Å². The summed E-state index contributed by atoms with van der Waals surface area (Å²) in [7, 11) is 0. The van der Waals surface area contributed by atoms with Crippen LogP contribution < -0.4 is 15.2 Å². The van der Waals surface area contributed by atoms with E-state index < -0.39 is 6.10 Å². The molecule has 0 saturated carbocycles. The average Bonchev–Trinajstić information content (AvgIpc) is 2.94. The zero-order valence-electron chi connectivity index (χ0n) is 10.4. The van der Waals surface area contributed by atoms with E-state index in [-0.39, 0.29) is 6.79 Å². The molecule has 1 heterocycles. The Morgan fingerprint density at radius 2 is 1.84 bits per heavy atom. The number of rotatable bonds is 3. The third kappa shape index (κ3) is 2.28. The predicted molar refractivity (Wildman–Crippen MR) is 71.0 cm³/mol. The number of fused-ring (bicyclic) bond motifs is 1. The minimum absolute atomic E-state index is 0.234. The molecule has 0 saturated heterocycles. The van der Waals surface area contributed by atoms with Gasteiger partial charge in [0.2, 0.25) is 6.79 Å². The number of aliphatic hydroxyl groups excluding tert-OH is 1. The maximum absolute atomic E-state index is 10.4. The Labute approximate surface area is 111 Å². The van der Waals surface area contributed by atoms with Gasteiger partial charge in [-0.2, -0.15) is 0 Å². The van der Waals surface area contributed by atoms with Crippen molar-refractivity contribution in [2.75, 3.05) is 6.79 Å². The number of ether oxygens (including phenoxy) is 2. The molecule has 0 amide bonds. The highest BCUT2D eigenvalue weighted by molar-refractivity contribution is 5.46. The van der Waals surface area contributed by atoms with Crippen LogP contribution in [0.15, 0.2) is 42.5 Å². The standard InChI is InChI=1S/C15H15NO3/c16-8-10-2-1-3-11(6-10)15(17)12-4-5-13-14(7-12)19-9-18-13/h1-7,15,17H,8-9,16H2. The van der Waals surface area contributed by atoms with Gasteiger partial charge in [-0.1, -0.05) is 30.3 Å². The molecule has 1 aliphatic rings. The molecule has 0 fully saturated rings. The SMILES string of the molecule is NCc1cccc(C(O)c2ccc3c(c2)OCO3)c1. The second-order valence-electron chi connectivity index (χ2n) is 4.46. The Morgan fingerprint density at radius 3 is 2.68 bits per heavy atom. The van der Waals surface area contributed by atoms with Crippen LogP contribution in [0.4, 0.5) is 0 Å². The Morgan fingerprint density at radius 1 is 1.05 bits per heavy atom. The molecule has 4 heteroatoms. The van der Waals surface area contributed by atoms with Crippen LogP contribution in [0.5, 0.6) is 11.5 Å². The summed E-state index contributed by atoms with van der Waals surface area (Å²) in [4.78, 5) is 0. The van der Waals surface area contributed by atoms with Crippen molar-refractivity contribution in [1.29, 1.82) is 0 Å². The lowest BCUT2D eigenvalue weighted by Crippen LogP contribution is -2.02. The van der Waals surface area contributed by atoms with Crippen molar-refractivity contribution in [2.45, 2.75) is 12.6 Å². The summed E-state index contributed by atoms with van der Waals surface area (Å²) < 4.78 is 10.6. The average molecular weight is 257 g/mol. The van der Waals surface area contributed by atoms with Gasteiger partial charge in [0.15, 0.2) is 11.5 Å². The second kappa shape index (κ2) is 4.91. The van der Waals surface area contributed by atoms with Crippen LogP contribution in [0.25, 0.3) is 0 Å². The van der Waals surface area contributed by atoms with Gasteiger partial charge in [-0.05, 0) is 28.8 Å². The lowest BCUT2D eigenvalue weighted by Gasteiger charge is -2.13. The minimum Gasteiger partial charge on any atom is -0.454 e. The second-order valence-corrected chi connectivity index (χ2v) is 4.46. The van der Waals surface area contributed by atoms with E-state index in [1.54, 1.807) is 0 Å². The van der Waals surface area contributed by atoms with Crippen molar-refractivity contribution in [3.05, 3.63) is 59.2 Å². The van der Waals surface area contributed by atoms with Crippen LogP contribution in [0.2, 0.25) is 0 Å². The molecule has 1 aliphatic heterocycles. The molecule has 1 atom stereocenters. The van der Waals surface area contributed by atoms with Crippen molar-refractivity contribution in [2.24, 2.45) is 5.73 Å². The summed E-state index contributed by atoms with van der Waals surface area (Å²) in [5.41, 5.74) is 8.21. The van der Waals surface area contributed by atoms with Crippen LogP contribution in [-0.4, -0.2) is 11.9 Å². The van der Waals surface area contributed by atoms with E-state index >= 15 is 0 Å². The normalized spacial score (nSPS) is 14.4. The zero-order valence-corrected chi connectivity index (χ0v) is 10.4. The minimum atomic E-state index is -0.694. The summed E-state index contributed by atoms with van der Waals surface area (Å²) in [5, 5.41) is 10.4. The number of benzene rings is 2. The van der Waals surface area contributed by atoms with Gasteiger partial charge >= 0.3 is 0 Å². The van der Waals surface area contributed by atoms with Crippen LogP contribution >= 0.6 is 0 Å². The first-order chi connectivity index (χ1) is 9.28. The predicted octanol–water partition coefficient (Wildman–Crippen LogP) is 1.96. The zero-order chi connectivity index (χ0) is 13.2. The molecule has 3 N–H and O–H groups in total. The summed E-state index contributed by atoms with van der Waals surface area (Å²) >= 11 is 0. The van der Waals surface area contributed by atoms with Crippen molar-refractivity contribution in [3.8, 4) is 11.5 Å². The van der Waals surface area contributed by atoms with E-state index in [1.165, 1.54) is 0 Å². The number of nitrogens with two attached hydrogens (primary N) is 1. The van der Waals surface area contributed by atoms with Crippen molar-refractivity contribution in [1.82, 2.24) is 0 Å². The molecule has 2 aromatic carbocycles. The third-order valence-electron chi connectivity index (χ3n) is 3.21. The molecule has 2 aromatic rings. The van der Waals surface area contributed by atoms with Crippen LogP contribution in [0.1, 0.15) is 22.8 Å². The fourth-order valence-corrected chi connectivity index (χ4v) is 2.17. The Bertz CT molecular complexity index is 598. The van der Waals surface area contributed by atoms with Gasteiger partial charge < -0.3 is 20.3 Å². The van der Waals surface area contributed by atoms with E-state index in [0.717, 1.165) is 16.7 Å². The summed E-state index contributed by atoms with van der Waals surface area (Å²) in [6.45, 7) is 0.694.